The van der Waals surface area contributed by atoms with Gasteiger partial charge in [0.1, 0.15) is 0 Å². The minimum atomic E-state index is -0.133. The van der Waals surface area contributed by atoms with E-state index in [0.717, 1.165) is 44.3 Å². The molecule has 3 heteroatoms. The summed E-state index contributed by atoms with van der Waals surface area (Å²) in [5.41, 5.74) is 6.17. The highest BCUT2D eigenvalue weighted by atomic mass is 16.3. The van der Waals surface area contributed by atoms with Crippen LogP contribution in [0.3, 0.4) is 0 Å². The van der Waals surface area contributed by atoms with Gasteiger partial charge in [-0.15, -0.1) is 0 Å². The van der Waals surface area contributed by atoms with E-state index < -0.39 is 0 Å². The average molecular weight is 240 g/mol. The first-order valence-corrected chi connectivity index (χ1v) is 7.27. The van der Waals surface area contributed by atoms with Crippen molar-refractivity contribution in [1.29, 1.82) is 0 Å². The van der Waals surface area contributed by atoms with Crippen LogP contribution in [-0.4, -0.2) is 41.3 Å². The molecule has 17 heavy (non-hydrogen) atoms. The third kappa shape index (κ3) is 3.21. The number of likely N-dealkylation sites (tertiary alicyclic amines) is 1. The van der Waals surface area contributed by atoms with Crippen LogP contribution in [0.25, 0.3) is 0 Å². The lowest BCUT2D eigenvalue weighted by molar-refractivity contribution is 0.0155. The number of rotatable bonds is 4. The van der Waals surface area contributed by atoms with E-state index in [-0.39, 0.29) is 6.10 Å². The van der Waals surface area contributed by atoms with Crippen molar-refractivity contribution in [3.05, 3.63) is 0 Å². The quantitative estimate of drug-likeness (QED) is 0.784. The lowest BCUT2D eigenvalue weighted by Gasteiger charge is -2.48. The summed E-state index contributed by atoms with van der Waals surface area (Å²) in [6.07, 6.45) is 5.48. The van der Waals surface area contributed by atoms with Gasteiger partial charge in [-0.2, -0.15) is 0 Å². The van der Waals surface area contributed by atoms with Crippen LogP contribution in [0.15, 0.2) is 0 Å². The lowest BCUT2D eigenvalue weighted by Crippen LogP contribution is -2.55. The summed E-state index contributed by atoms with van der Waals surface area (Å²) in [5.74, 6) is 1.44. The number of nitrogens with zero attached hydrogens (tertiary/aromatic N) is 1. The van der Waals surface area contributed by atoms with E-state index in [2.05, 4.69) is 18.7 Å². The first-order valence-electron chi connectivity index (χ1n) is 7.27. The number of hydrogen-bond donors (Lipinski definition) is 2. The van der Waals surface area contributed by atoms with E-state index in [4.69, 9.17) is 5.73 Å². The summed E-state index contributed by atoms with van der Waals surface area (Å²) in [6.45, 7) is 6.62. The van der Waals surface area contributed by atoms with Gasteiger partial charge in [0.25, 0.3) is 0 Å². The Morgan fingerprint density at radius 1 is 1.35 bits per heavy atom. The highest BCUT2D eigenvalue weighted by Gasteiger charge is 2.36. The van der Waals surface area contributed by atoms with E-state index in [9.17, 15) is 5.11 Å². The zero-order chi connectivity index (χ0) is 12.4. The van der Waals surface area contributed by atoms with Crippen LogP contribution in [0.2, 0.25) is 0 Å². The maximum atomic E-state index is 9.79. The van der Waals surface area contributed by atoms with Crippen molar-refractivity contribution in [2.24, 2.45) is 17.6 Å². The van der Waals surface area contributed by atoms with Crippen molar-refractivity contribution < 1.29 is 5.11 Å². The smallest absolute Gasteiger partial charge is 0.0540 e. The first-order chi connectivity index (χ1) is 8.10. The maximum absolute atomic E-state index is 9.79. The zero-order valence-corrected chi connectivity index (χ0v) is 11.3. The van der Waals surface area contributed by atoms with E-state index in [0.29, 0.717) is 12.0 Å². The van der Waals surface area contributed by atoms with Crippen molar-refractivity contribution in [3.8, 4) is 0 Å². The fraction of sp³-hybridized carbons (Fsp3) is 1.00. The second kappa shape index (κ2) is 5.68. The van der Waals surface area contributed by atoms with E-state index in [1.54, 1.807) is 0 Å². The third-order valence-corrected chi connectivity index (χ3v) is 4.72. The Bertz CT molecular complexity index is 246. The summed E-state index contributed by atoms with van der Waals surface area (Å²) in [7, 11) is 0. The fourth-order valence-corrected chi connectivity index (χ4v) is 3.47. The zero-order valence-electron chi connectivity index (χ0n) is 11.3. The van der Waals surface area contributed by atoms with E-state index in [1.165, 1.54) is 12.8 Å². The molecule has 3 N–H and O–H groups in total. The molecule has 3 nitrogen and oxygen atoms in total. The molecule has 5 atom stereocenters. The molecule has 100 valence electrons. The van der Waals surface area contributed by atoms with Crippen molar-refractivity contribution in [3.63, 3.8) is 0 Å². The van der Waals surface area contributed by atoms with Crippen molar-refractivity contribution in [2.75, 3.05) is 13.1 Å². The van der Waals surface area contributed by atoms with Gasteiger partial charge in [0.2, 0.25) is 0 Å². The number of nitrogens with two attached hydrogens (primary N) is 1. The molecule has 1 aliphatic heterocycles. The Kier molecular flexibility index (Phi) is 4.45. The minimum Gasteiger partial charge on any atom is -0.393 e. The molecule has 2 rings (SSSR count). The van der Waals surface area contributed by atoms with Crippen LogP contribution in [0.5, 0.6) is 0 Å². The van der Waals surface area contributed by atoms with Crippen molar-refractivity contribution in [2.45, 2.75) is 64.1 Å². The largest absolute Gasteiger partial charge is 0.393 e. The van der Waals surface area contributed by atoms with Crippen molar-refractivity contribution in [1.82, 2.24) is 4.90 Å². The normalized spacial score (nSPS) is 40.9. The molecule has 0 aromatic heterocycles. The van der Waals surface area contributed by atoms with Crippen LogP contribution >= 0.6 is 0 Å². The maximum Gasteiger partial charge on any atom is 0.0540 e. The Hall–Kier alpha value is -0.120. The molecule has 0 aromatic rings. The summed E-state index contributed by atoms with van der Waals surface area (Å²) in [4.78, 5) is 2.59. The monoisotopic (exact) mass is 240 g/mol. The molecular weight excluding hydrogens is 212 g/mol. The number of piperidine rings is 1. The Labute approximate surface area is 105 Å². The SMILES string of the molecule is CCC(O)CC1CC(N)CN(C2CCC2C)C1. The topological polar surface area (TPSA) is 49.5 Å². The Morgan fingerprint density at radius 2 is 2.12 bits per heavy atom. The van der Waals surface area contributed by atoms with E-state index in [1.807, 2.05) is 0 Å². The van der Waals surface area contributed by atoms with Crippen LogP contribution in [0.4, 0.5) is 0 Å². The van der Waals surface area contributed by atoms with Gasteiger partial charge >= 0.3 is 0 Å². The summed E-state index contributed by atoms with van der Waals surface area (Å²) in [5, 5.41) is 9.79. The van der Waals surface area contributed by atoms with Gasteiger partial charge in [0.15, 0.2) is 0 Å². The highest BCUT2D eigenvalue weighted by molar-refractivity contribution is 4.92. The highest BCUT2D eigenvalue weighted by Crippen LogP contribution is 2.34. The molecule has 5 unspecified atom stereocenters. The third-order valence-electron chi connectivity index (χ3n) is 4.72. The molecule has 2 fully saturated rings. The second-order valence-electron chi connectivity index (χ2n) is 6.24. The fourth-order valence-electron chi connectivity index (χ4n) is 3.47. The number of aliphatic hydroxyl groups is 1. The molecule has 2 aliphatic rings. The average Bonchev–Trinajstić information content (AvgIpc) is 2.26. The summed E-state index contributed by atoms with van der Waals surface area (Å²) >= 11 is 0. The van der Waals surface area contributed by atoms with Crippen molar-refractivity contribution >= 4 is 0 Å². The molecule has 0 bridgehead atoms. The molecule has 1 saturated heterocycles. The van der Waals surface area contributed by atoms with Crippen LogP contribution in [-0.2, 0) is 0 Å². The number of hydrogen-bond acceptors (Lipinski definition) is 3. The minimum absolute atomic E-state index is 0.133. The first kappa shape index (κ1) is 13.3. The second-order valence-corrected chi connectivity index (χ2v) is 6.24. The standard InChI is InChI=1S/C14H28N2O/c1-3-13(17)7-11-6-12(15)9-16(8-11)14-5-4-10(14)2/h10-14,17H,3-9,15H2,1-2H3. The Morgan fingerprint density at radius 3 is 2.65 bits per heavy atom. The van der Waals surface area contributed by atoms with Crippen LogP contribution in [0, 0.1) is 11.8 Å². The molecule has 0 radical (unpaired) electrons. The molecule has 0 amide bonds. The predicted molar refractivity (Wildman–Crippen MR) is 70.8 cm³/mol. The lowest BCUT2D eigenvalue weighted by atomic mass is 9.77. The molecule has 1 heterocycles. The molecule has 1 saturated carbocycles. The summed E-state index contributed by atoms with van der Waals surface area (Å²) < 4.78 is 0. The molecule has 1 aliphatic carbocycles. The summed E-state index contributed by atoms with van der Waals surface area (Å²) in [6, 6.07) is 1.08. The molecular formula is C14H28N2O. The van der Waals surface area contributed by atoms with E-state index >= 15 is 0 Å². The Balaban J connectivity index is 1.87. The van der Waals surface area contributed by atoms with Gasteiger partial charge in [-0.05, 0) is 43.9 Å². The van der Waals surface area contributed by atoms with Gasteiger partial charge in [-0.25, -0.2) is 0 Å². The van der Waals surface area contributed by atoms with Gasteiger partial charge in [-0.1, -0.05) is 13.8 Å². The van der Waals surface area contributed by atoms with Gasteiger partial charge in [0, 0.05) is 25.2 Å². The van der Waals surface area contributed by atoms with Gasteiger partial charge in [0.05, 0.1) is 6.10 Å². The van der Waals surface area contributed by atoms with Gasteiger partial charge in [-0.3, -0.25) is 4.90 Å². The molecule has 0 aromatic carbocycles. The van der Waals surface area contributed by atoms with Gasteiger partial charge < -0.3 is 10.8 Å². The number of aliphatic hydroxyl groups excluding tert-OH is 1. The van der Waals surface area contributed by atoms with Crippen LogP contribution < -0.4 is 5.73 Å². The van der Waals surface area contributed by atoms with Crippen LogP contribution in [0.1, 0.15) is 46.0 Å². The molecule has 0 spiro atoms. The predicted octanol–water partition coefficient (Wildman–Crippen LogP) is 1.60.